The Hall–Kier alpha value is -1.87. The number of hydrogen-bond acceptors (Lipinski definition) is 1. The third kappa shape index (κ3) is 4.07. The summed E-state index contributed by atoms with van der Waals surface area (Å²) in [5, 5.41) is 3.25. The number of nitrogens with one attached hydrogen (secondary N) is 1. The monoisotopic (exact) mass is 291 g/mol. The molecule has 20 heavy (non-hydrogen) atoms. The van der Waals surface area contributed by atoms with Crippen molar-refractivity contribution in [1.82, 2.24) is 0 Å². The van der Waals surface area contributed by atoms with Gasteiger partial charge in [-0.1, -0.05) is 29.8 Å². The molecule has 2 rings (SSSR count). The summed E-state index contributed by atoms with van der Waals surface area (Å²) in [5.74, 6) is -0.618. The number of carbonyl (C=O) groups excluding carboxylic acids is 1. The van der Waals surface area contributed by atoms with E-state index >= 15 is 0 Å². The van der Waals surface area contributed by atoms with Gasteiger partial charge in [-0.3, -0.25) is 4.79 Å². The largest absolute Gasteiger partial charge is 0.324 e. The first kappa shape index (κ1) is 14.5. The van der Waals surface area contributed by atoms with Crippen LogP contribution in [0.3, 0.4) is 0 Å². The van der Waals surface area contributed by atoms with Crippen LogP contribution in [0.15, 0.2) is 42.5 Å². The van der Waals surface area contributed by atoms with Crippen molar-refractivity contribution in [2.75, 3.05) is 5.32 Å². The molecule has 2 aromatic rings. The zero-order valence-corrected chi connectivity index (χ0v) is 11.9. The number of hydrogen-bond donors (Lipinski definition) is 1. The Morgan fingerprint density at radius 1 is 1.20 bits per heavy atom. The van der Waals surface area contributed by atoms with Gasteiger partial charge in [0.15, 0.2) is 0 Å². The van der Waals surface area contributed by atoms with Crippen molar-refractivity contribution in [3.05, 3.63) is 64.4 Å². The van der Waals surface area contributed by atoms with Crippen molar-refractivity contribution in [3.63, 3.8) is 0 Å². The number of amides is 1. The molecular weight excluding hydrogens is 277 g/mol. The van der Waals surface area contributed by atoms with Gasteiger partial charge in [0, 0.05) is 11.4 Å². The zero-order valence-electron chi connectivity index (χ0n) is 11.1. The van der Waals surface area contributed by atoms with E-state index in [1.807, 2.05) is 12.1 Å². The second kappa shape index (κ2) is 6.53. The Labute approximate surface area is 122 Å². The summed E-state index contributed by atoms with van der Waals surface area (Å²) in [6.07, 6.45) is 0.894. The maximum Gasteiger partial charge on any atom is 0.224 e. The second-order valence-corrected chi connectivity index (χ2v) is 5.09. The average molecular weight is 292 g/mol. The van der Waals surface area contributed by atoms with Crippen molar-refractivity contribution in [1.29, 1.82) is 0 Å². The molecule has 1 N–H and O–H groups in total. The fourth-order valence-corrected chi connectivity index (χ4v) is 1.97. The normalized spacial score (nSPS) is 10.3. The van der Waals surface area contributed by atoms with Gasteiger partial charge in [0.1, 0.15) is 5.82 Å². The van der Waals surface area contributed by atoms with Crippen LogP contribution in [0.1, 0.15) is 17.5 Å². The minimum atomic E-state index is -0.412. The van der Waals surface area contributed by atoms with Crippen LogP contribution >= 0.6 is 11.6 Å². The number of anilines is 1. The van der Waals surface area contributed by atoms with E-state index in [2.05, 4.69) is 5.32 Å². The molecule has 0 bridgehead atoms. The predicted octanol–water partition coefficient (Wildman–Crippen LogP) is 4.36. The number of carbonyl (C=O) groups is 1. The highest BCUT2D eigenvalue weighted by Gasteiger charge is 2.07. The third-order valence-electron chi connectivity index (χ3n) is 2.95. The van der Waals surface area contributed by atoms with Crippen LogP contribution in [-0.2, 0) is 11.2 Å². The summed E-state index contributed by atoms with van der Waals surface area (Å²) in [6, 6.07) is 12.1. The van der Waals surface area contributed by atoms with Crippen LogP contribution in [0.2, 0.25) is 5.02 Å². The molecule has 0 spiro atoms. The zero-order chi connectivity index (χ0) is 14.5. The summed E-state index contributed by atoms with van der Waals surface area (Å²) < 4.78 is 13.6. The van der Waals surface area contributed by atoms with Gasteiger partial charge < -0.3 is 5.32 Å². The number of benzene rings is 2. The van der Waals surface area contributed by atoms with Crippen molar-refractivity contribution < 1.29 is 9.18 Å². The Kier molecular flexibility index (Phi) is 4.74. The molecule has 0 saturated carbocycles. The number of rotatable bonds is 4. The van der Waals surface area contributed by atoms with E-state index in [4.69, 9.17) is 11.6 Å². The maximum absolute atomic E-state index is 13.6. The van der Waals surface area contributed by atoms with E-state index in [0.717, 1.165) is 11.1 Å². The van der Waals surface area contributed by atoms with Gasteiger partial charge in [-0.2, -0.15) is 0 Å². The molecule has 0 heterocycles. The highest BCUT2D eigenvalue weighted by atomic mass is 35.5. The van der Waals surface area contributed by atoms with Gasteiger partial charge in [0.25, 0.3) is 0 Å². The Morgan fingerprint density at radius 2 is 1.90 bits per heavy atom. The van der Waals surface area contributed by atoms with Crippen LogP contribution < -0.4 is 5.32 Å². The molecule has 0 aliphatic rings. The van der Waals surface area contributed by atoms with E-state index in [-0.39, 0.29) is 11.6 Å². The molecule has 0 atom stereocenters. The molecule has 0 unspecified atom stereocenters. The lowest BCUT2D eigenvalue weighted by atomic mass is 10.1. The Balaban J connectivity index is 1.90. The van der Waals surface area contributed by atoms with E-state index in [1.165, 1.54) is 6.07 Å². The van der Waals surface area contributed by atoms with Gasteiger partial charge >= 0.3 is 0 Å². The summed E-state index contributed by atoms with van der Waals surface area (Å²) in [5.41, 5.74) is 2.06. The Bertz CT molecular complexity index is 610. The van der Waals surface area contributed by atoms with E-state index in [0.29, 0.717) is 17.9 Å². The molecule has 0 radical (unpaired) electrons. The fraction of sp³-hybridized carbons (Fsp3) is 0.188. The fourth-order valence-electron chi connectivity index (χ4n) is 1.84. The Morgan fingerprint density at radius 3 is 2.55 bits per heavy atom. The van der Waals surface area contributed by atoms with E-state index < -0.39 is 5.82 Å². The van der Waals surface area contributed by atoms with Crippen molar-refractivity contribution >= 4 is 23.2 Å². The first-order valence-corrected chi connectivity index (χ1v) is 6.73. The molecule has 2 nitrogen and oxygen atoms in total. The van der Waals surface area contributed by atoms with Gasteiger partial charge in [-0.25, -0.2) is 4.39 Å². The number of aryl methyl sites for hydroxylation is 2. The number of halogens is 2. The molecule has 0 saturated heterocycles. The highest BCUT2D eigenvalue weighted by Crippen LogP contribution is 2.16. The topological polar surface area (TPSA) is 29.1 Å². The molecular formula is C16H15ClFNO. The lowest BCUT2D eigenvalue weighted by Crippen LogP contribution is -2.13. The SMILES string of the molecule is Cc1ccc(NC(=O)CCc2ccc(Cl)cc2)c(F)c1. The maximum atomic E-state index is 13.6. The average Bonchev–Trinajstić information content (AvgIpc) is 2.41. The molecule has 0 aliphatic carbocycles. The standard InChI is InChI=1S/C16H15ClFNO/c1-11-2-8-15(14(18)10-11)19-16(20)9-5-12-3-6-13(17)7-4-12/h2-4,6-8,10H,5,9H2,1H3,(H,19,20). The smallest absolute Gasteiger partial charge is 0.224 e. The van der Waals surface area contributed by atoms with Crippen LogP contribution in [0.4, 0.5) is 10.1 Å². The van der Waals surface area contributed by atoms with E-state index in [9.17, 15) is 9.18 Å². The summed E-state index contributed by atoms with van der Waals surface area (Å²) in [7, 11) is 0. The van der Waals surface area contributed by atoms with Crippen LogP contribution in [0.25, 0.3) is 0 Å². The summed E-state index contributed by atoms with van der Waals surface area (Å²) >= 11 is 5.79. The van der Waals surface area contributed by atoms with Crippen molar-refractivity contribution in [3.8, 4) is 0 Å². The minimum absolute atomic E-state index is 0.206. The summed E-state index contributed by atoms with van der Waals surface area (Å²) in [6.45, 7) is 1.80. The van der Waals surface area contributed by atoms with Gasteiger partial charge in [-0.15, -0.1) is 0 Å². The molecule has 4 heteroatoms. The molecule has 0 fully saturated rings. The molecule has 0 aliphatic heterocycles. The van der Waals surface area contributed by atoms with Gasteiger partial charge in [0.2, 0.25) is 5.91 Å². The third-order valence-corrected chi connectivity index (χ3v) is 3.20. The highest BCUT2D eigenvalue weighted by molar-refractivity contribution is 6.30. The first-order valence-electron chi connectivity index (χ1n) is 6.35. The van der Waals surface area contributed by atoms with Crippen LogP contribution in [0, 0.1) is 12.7 Å². The lowest BCUT2D eigenvalue weighted by Gasteiger charge is -2.07. The van der Waals surface area contributed by atoms with Gasteiger partial charge in [-0.05, 0) is 48.7 Å². The van der Waals surface area contributed by atoms with Gasteiger partial charge in [0.05, 0.1) is 5.69 Å². The second-order valence-electron chi connectivity index (χ2n) is 4.66. The molecule has 0 aromatic heterocycles. The first-order chi connectivity index (χ1) is 9.54. The van der Waals surface area contributed by atoms with Crippen LogP contribution in [0.5, 0.6) is 0 Å². The predicted molar refractivity (Wildman–Crippen MR) is 79.5 cm³/mol. The minimum Gasteiger partial charge on any atom is -0.324 e. The van der Waals surface area contributed by atoms with E-state index in [1.54, 1.807) is 31.2 Å². The van der Waals surface area contributed by atoms with Crippen LogP contribution in [-0.4, -0.2) is 5.91 Å². The summed E-state index contributed by atoms with van der Waals surface area (Å²) in [4.78, 5) is 11.8. The van der Waals surface area contributed by atoms with Crippen molar-refractivity contribution in [2.45, 2.75) is 19.8 Å². The lowest BCUT2D eigenvalue weighted by molar-refractivity contribution is -0.116. The van der Waals surface area contributed by atoms with Crippen molar-refractivity contribution in [2.24, 2.45) is 0 Å². The molecule has 2 aromatic carbocycles. The molecule has 104 valence electrons. The quantitative estimate of drug-likeness (QED) is 0.891. The molecule has 1 amide bonds.